The molecule has 0 saturated carbocycles. The molecule has 1 heterocycles. The van der Waals surface area contributed by atoms with Gasteiger partial charge in [0.05, 0.1) is 23.7 Å². The molecule has 12 heavy (non-hydrogen) atoms. The highest BCUT2D eigenvalue weighted by Crippen LogP contribution is 2.15. The fourth-order valence-corrected chi connectivity index (χ4v) is 1.41. The average Bonchev–Trinajstić information content (AvgIpc) is 2.06. The van der Waals surface area contributed by atoms with Crippen LogP contribution in [0.15, 0.2) is 0 Å². The minimum absolute atomic E-state index is 0.168. The first-order valence-electron chi connectivity index (χ1n) is 4.18. The number of nitrogens with two attached hydrogens (primary N) is 1. The first-order valence-corrected chi connectivity index (χ1v) is 4.58. The molecule has 0 unspecified atom stereocenters. The van der Waals surface area contributed by atoms with Crippen molar-refractivity contribution in [1.29, 1.82) is 0 Å². The van der Waals surface area contributed by atoms with Gasteiger partial charge in [0, 0.05) is 13.1 Å². The molecule has 1 fully saturated rings. The Labute approximate surface area is 78.9 Å². The number of morpholine rings is 1. The Morgan fingerprint density at radius 1 is 1.42 bits per heavy atom. The zero-order chi connectivity index (χ0) is 9.19. The standard InChI is InChI=1S/C8H16N2OS/c1-8(2,7(9)12)10-3-5-11-6-4-10/h3-6H2,1-2H3,(H2,9,12). The number of nitrogens with zero attached hydrogens (tertiary/aromatic N) is 1. The van der Waals surface area contributed by atoms with E-state index >= 15 is 0 Å². The molecule has 1 saturated heterocycles. The van der Waals surface area contributed by atoms with E-state index in [0.29, 0.717) is 4.99 Å². The summed E-state index contributed by atoms with van der Waals surface area (Å²) in [7, 11) is 0. The zero-order valence-corrected chi connectivity index (χ0v) is 8.49. The number of thiocarbonyl (C=S) groups is 1. The van der Waals surface area contributed by atoms with Crippen LogP contribution in [0, 0.1) is 0 Å². The highest BCUT2D eigenvalue weighted by molar-refractivity contribution is 7.80. The molecule has 1 aliphatic heterocycles. The monoisotopic (exact) mass is 188 g/mol. The van der Waals surface area contributed by atoms with Gasteiger partial charge in [0.1, 0.15) is 0 Å². The Morgan fingerprint density at radius 2 is 1.92 bits per heavy atom. The maximum atomic E-state index is 5.65. The molecule has 0 aliphatic carbocycles. The van der Waals surface area contributed by atoms with Crippen LogP contribution >= 0.6 is 12.2 Å². The van der Waals surface area contributed by atoms with Crippen molar-refractivity contribution in [2.24, 2.45) is 5.73 Å². The molecule has 0 spiro atoms. The van der Waals surface area contributed by atoms with E-state index < -0.39 is 0 Å². The maximum Gasteiger partial charge on any atom is 0.0928 e. The topological polar surface area (TPSA) is 38.5 Å². The van der Waals surface area contributed by atoms with E-state index in [1.54, 1.807) is 0 Å². The second-order valence-corrected chi connectivity index (χ2v) is 3.96. The SMILES string of the molecule is CC(C)(C(N)=S)N1CCOCC1. The second kappa shape index (κ2) is 3.68. The van der Waals surface area contributed by atoms with Crippen LogP contribution in [0.4, 0.5) is 0 Å². The third kappa shape index (κ3) is 1.94. The fourth-order valence-electron chi connectivity index (χ4n) is 1.28. The van der Waals surface area contributed by atoms with Crippen molar-refractivity contribution in [3.05, 3.63) is 0 Å². The van der Waals surface area contributed by atoms with E-state index in [1.165, 1.54) is 0 Å². The summed E-state index contributed by atoms with van der Waals surface area (Å²) < 4.78 is 5.25. The first-order chi connectivity index (χ1) is 5.55. The summed E-state index contributed by atoms with van der Waals surface area (Å²) in [5.41, 5.74) is 5.48. The lowest BCUT2D eigenvalue weighted by atomic mass is 10.0. The molecule has 3 nitrogen and oxygen atoms in total. The zero-order valence-electron chi connectivity index (χ0n) is 7.67. The molecule has 0 radical (unpaired) electrons. The van der Waals surface area contributed by atoms with Gasteiger partial charge < -0.3 is 10.5 Å². The molecule has 2 N–H and O–H groups in total. The smallest absolute Gasteiger partial charge is 0.0928 e. The van der Waals surface area contributed by atoms with E-state index in [9.17, 15) is 0 Å². The molecular formula is C8H16N2OS. The predicted molar refractivity (Wildman–Crippen MR) is 53.3 cm³/mol. The fraction of sp³-hybridized carbons (Fsp3) is 0.875. The van der Waals surface area contributed by atoms with Crippen LogP contribution in [0.5, 0.6) is 0 Å². The summed E-state index contributed by atoms with van der Waals surface area (Å²) in [6, 6.07) is 0. The lowest BCUT2D eigenvalue weighted by Gasteiger charge is -2.39. The molecule has 4 heteroatoms. The van der Waals surface area contributed by atoms with Crippen molar-refractivity contribution in [3.8, 4) is 0 Å². The predicted octanol–water partition coefficient (Wildman–Crippen LogP) is 0.383. The molecule has 0 amide bonds. The minimum atomic E-state index is -0.168. The normalized spacial score (nSPS) is 20.8. The third-order valence-corrected chi connectivity index (χ3v) is 2.90. The van der Waals surface area contributed by atoms with Gasteiger partial charge in [0.15, 0.2) is 0 Å². The van der Waals surface area contributed by atoms with Crippen LogP contribution in [-0.4, -0.2) is 41.7 Å². The van der Waals surface area contributed by atoms with Crippen LogP contribution in [0.1, 0.15) is 13.8 Å². The van der Waals surface area contributed by atoms with Gasteiger partial charge in [-0.1, -0.05) is 12.2 Å². The Hall–Kier alpha value is -0.190. The number of rotatable bonds is 2. The van der Waals surface area contributed by atoms with Gasteiger partial charge in [-0.05, 0) is 13.8 Å². The van der Waals surface area contributed by atoms with Gasteiger partial charge in [0.2, 0.25) is 0 Å². The van der Waals surface area contributed by atoms with E-state index in [1.807, 2.05) is 0 Å². The van der Waals surface area contributed by atoms with Crippen LogP contribution in [-0.2, 0) is 4.74 Å². The van der Waals surface area contributed by atoms with Crippen molar-refractivity contribution < 1.29 is 4.74 Å². The molecule has 70 valence electrons. The van der Waals surface area contributed by atoms with Crippen LogP contribution in [0.3, 0.4) is 0 Å². The summed E-state index contributed by atoms with van der Waals surface area (Å²) in [6.07, 6.45) is 0. The molecule has 1 aliphatic rings. The number of hydrogen-bond acceptors (Lipinski definition) is 3. The van der Waals surface area contributed by atoms with Gasteiger partial charge >= 0.3 is 0 Å². The van der Waals surface area contributed by atoms with Crippen LogP contribution in [0.2, 0.25) is 0 Å². The highest BCUT2D eigenvalue weighted by Gasteiger charge is 2.30. The Kier molecular flexibility index (Phi) is 3.04. The maximum absolute atomic E-state index is 5.65. The molecule has 0 atom stereocenters. The van der Waals surface area contributed by atoms with Gasteiger partial charge in [-0.25, -0.2) is 0 Å². The lowest BCUT2D eigenvalue weighted by Crippen LogP contribution is -2.56. The van der Waals surface area contributed by atoms with Gasteiger partial charge in [-0.2, -0.15) is 0 Å². The van der Waals surface area contributed by atoms with Gasteiger partial charge in [-0.15, -0.1) is 0 Å². The second-order valence-electron chi connectivity index (χ2n) is 3.52. The summed E-state index contributed by atoms with van der Waals surface area (Å²) in [4.78, 5) is 2.82. The first kappa shape index (κ1) is 9.89. The van der Waals surface area contributed by atoms with Gasteiger partial charge in [0.25, 0.3) is 0 Å². The largest absolute Gasteiger partial charge is 0.392 e. The van der Waals surface area contributed by atoms with Crippen LogP contribution < -0.4 is 5.73 Å². The summed E-state index contributed by atoms with van der Waals surface area (Å²) in [5.74, 6) is 0. The molecule has 0 aromatic carbocycles. The summed E-state index contributed by atoms with van der Waals surface area (Å²) in [5, 5.41) is 0. The molecule has 0 bridgehead atoms. The molecule has 0 aromatic heterocycles. The minimum Gasteiger partial charge on any atom is -0.392 e. The Balaban J connectivity index is 2.59. The highest BCUT2D eigenvalue weighted by atomic mass is 32.1. The van der Waals surface area contributed by atoms with Gasteiger partial charge in [-0.3, -0.25) is 4.90 Å². The van der Waals surface area contributed by atoms with Crippen molar-refractivity contribution in [2.45, 2.75) is 19.4 Å². The van der Waals surface area contributed by atoms with Crippen molar-refractivity contribution in [1.82, 2.24) is 4.90 Å². The van der Waals surface area contributed by atoms with E-state index in [4.69, 9.17) is 22.7 Å². The molecule has 1 rings (SSSR count). The van der Waals surface area contributed by atoms with Crippen molar-refractivity contribution >= 4 is 17.2 Å². The summed E-state index contributed by atoms with van der Waals surface area (Å²) >= 11 is 5.01. The number of ether oxygens (including phenoxy) is 1. The summed E-state index contributed by atoms with van der Waals surface area (Å²) in [6.45, 7) is 7.52. The van der Waals surface area contributed by atoms with Crippen LogP contribution in [0.25, 0.3) is 0 Å². The molecular weight excluding hydrogens is 172 g/mol. The van der Waals surface area contributed by atoms with Crippen molar-refractivity contribution in [3.63, 3.8) is 0 Å². The van der Waals surface area contributed by atoms with E-state index in [2.05, 4.69) is 18.7 Å². The number of hydrogen-bond donors (Lipinski definition) is 1. The lowest BCUT2D eigenvalue weighted by molar-refractivity contribution is 0.0104. The Bertz CT molecular complexity index is 176. The average molecular weight is 188 g/mol. The third-order valence-electron chi connectivity index (χ3n) is 2.40. The Morgan fingerprint density at radius 3 is 2.33 bits per heavy atom. The molecule has 0 aromatic rings. The van der Waals surface area contributed by atoms with E-state index in [0.717, 1.165) is 26.3 Å². The quantitative estimate of drug-likeness (QED) is 0.636. The van der Waals surface area contributed by atoms with E-state index in [-0.39, 0.29) is 5.54 Å². The van der Waals surface area contributed by atoms with Crippen molar-refractivity contribution in [2.75, 3.05) is 26.3 Å².